The van der Waals surface area contributed by atoms with Gasteiger partial charge in [-0.1, -0.05) is 121 Å². The number of hydrogen-bond donors (Lipinski definition) is 0. The van der Waals surface area contributed by atoms with E-state index in [0.717, 1.165) is 33.6 Å². The first-order chi connectivity index (χ1) is 34.1. The summed E-state index contributed by atoms with van der Waals surface area (Å²) >= 11 is 0. The van der Waals surface area contributed by atoms with E-state index in [-0.39, 0.29) is 0 Å². The summed E-state index contributed by atoms with van der Waals surface area (Å²) in [6.45, 7) is 10.5. The van der Waals surface area contributed by atoms with Crippen molar-refractivity contribution >= 4 is 0 Å². The van der Waals surface area contributed by atoms with Gasteiger partial charge in [0.1, 0.15) is 21.1 Å². The van der Waals surface area contributed by atoms with E-state index in [2.05, 4.69) is 169 Å². The molecule has 3 aromatic heterocycles. The molecule has 0 unspecified atom stereocenters. The fourth-order valence-electron chi connectivity index (χ4n) is 8.60. The van der Waals surface area contributed by atoms with E-state index < -0.39 is 13.7 Å². The zero-order chi connectivity index (χ0) is 52.1. The van der Waals surface area contributed by atoms with Gasteiger partial charge in [0.2, 0.25) is 17.1 Å². The Morgan fingerprint density at radius 2 is 0.712 bits per heavy atom. The SMILES string of the molecule is Cc1cc(-c2ccc(-c3ccccc3)cc2C)[n+](C)cc1C.[2H]C([2H])([2H])c1c[n+](C)c(-c2ccc(-c3ccccc3)cc2C)cc1C.[2H]C([2H])([2H])c1ccc(-c2cc(C)c(-c3ccccc3)cc2C)[n+](C)c1. The highest BCUT2D eigenvalue weighted by Gasteiger charge is 2.18. The zero-order valence-corrected chi connectivity index (χ0v) is 40.2. The van der Waals surface area contributed by atoms with Crippen molar-refractivity contribution in [3.63, 3.8) is 0 Å². The molecule has 0 aliphatic heterocycles. The Bertz CT molecular complexity index is 3360. The van der Waals surface area contributed by atoms with Crippen molar-refractivity contribution in [3.8, 4) is 67.2 Å². The lowest BCUT2D eigenvalue weighted by Crippen LogP contribution is -2.31. The highest BCUT2D eigenvalue weighted by Crippen LogP contribution is 2.32. The van der Waals surface area contributed by atoms with Gasteiger partial charge in [0, 0.05) is 59.8 Å². The summed E-state index contributed by atoms with van der Waals surface area (Å²) < 4.78 is 51.7. The molecule has 0 spiro atoms. The summed E-state index contributed by atoms with van der Waals surface area (Å²) in [7, 11) is 5.91. The molecule has 66 heavy (non-hydrogen) atoms. The number of nitrogens with zero attached hydrogens (tertiary/aromatic N) is 3. The smallest absolute Gasteiger partial charge is 0.201 e. The molecule has 9 rings (SSSR count). The third kappa shape index (κ3) is 10.8. The Morgan fingerprint density at radius 3 is 1.18 bits per heavy atom. The predicted molar refractivity (Wildman–Crippen MR) is 278 cm³/mol. The molecule has 9 aromatic rings. The lowest BCUT2D eigenvalue weighted by atomic mass is 9.93. The standard InChI is InChI=1S/3C21H22N/c2*1-15-13-21(22(4)14-17(15)3)20-11-10-19(12-16(20)2)18-8-6-5-7-9-18;1-15-10-11-21(22(4)14-15)20-13-16(2)19(12-17(20)3)18-8-6-5-7-9-18/h3*5-14H,1-4H3/q3*+1/i3D3;;1D3. The largest absolute Gasteiger partial charge is 0.212 e. The van der Waals surface area contributed by atoms with Crippen LogP contribution in [-0.2, 0) is 21.1 Å². The number of aromatic nitrogens is 3. The van der Waals surface area contributed by atoms with E-state index in [1.54, 1.807) is 18.5 Å². The van der Waals surface area contributed by atoms with Crippen molar-refractivity contribution in [2.75, 3.05) is 0 Å². The van der Waals surface area contributed by atoms with Gasteiger partial charge in [0.05, 0.1) is 0 Å². The van der Waals surface area contributed by atoms with Crippen LogP contribution in [0.5, 0.6) is 0 Å². The van der Waals surface area contributed by atoms with Crippen molar-refractivity contribution in [3.05, 3.63) is 232 Å². The predicted octanol–water partition coefficient (Wildman–Crippen LogP) is 14.3. The molecule has 330 valence electrons. The van der Waals surface area contributed by atoms with Crippen molar-refractivity contribution in [1.29, 1.82) is 0 Å². The maximum Gasteiger partial charge on any atom is 0.212 e. The van der Waals surface area contributed by atoms with E-state index in [1.807, 2.05) is 78.7 Å². The molecule has 0 fully saturated rings. The molecule has 0 aliphatic rings. The highest BCUT2D eigenvalue weighted by molar-refractivity contribution is 5.75. The zero-order valence-electron chi connectivity index (χ0n) is 46.2. The van der Waals surface area contributed by atoms with Crippen LogP contribution in [0.1, 0.15) is 58.3 Å². The van der Waals surface area contributed by atoms with Gasteiger partial charge in [0.25, 0.3) is 0 Å². The topological polar surface area (TPSA) is 11.6 Å². The van der Waals surface area contributed by atoms with E-state index in [4.69, 9.17) is 8.22 Å². The third-order valence-corrected chi connectivity index (χ3v) is 12.5. The van der Waals surface area contributed by atoms with Gasteiger partial charge < -0.3 is 0 Å². The first kappa shape index (κ1) is 39.2. The minimum absolute atomic E-state index is 0.356. The average molecular weight is 871 g/mol. The lowest BCUT2D eigenvalue weighted by molar-refractivity contribution is -0.660. The molecule has 0 saturated heterocycles. The highest BCUT2D eigenvalue weighted by atomic mass is 14.9. The van der Waals surface area contributed by atoms with Crippen LogP contribution in [-0.4, -0.2) is 0 Å². The summed E-state index contributed by atoms with van der Waals surface area (Å²) in [5.41, 5.74) is 23.2. The van der Waals surface area contributed by atoms with E-state index in [9.17, 15) is 0 Å². The first-order valence-corrected chi connectivity index (χ1v) is 22.6. The molecular formula is C63H66N3+3. The molecule has 3 nitrogen and oxygen atoms in total. The molecule has 0 aliphatic carbocycles. The number of rotatable bonds is 6. The molecule has 6 aromatic carbocycles. The molecule has 0 saturated carbocycles. The van der Waals surface area contributed by atoms with Gasteiger partial charge in [-0.15, -0.1) is 0 Å². The van der Waals surface area contributed by atoms with Crippen molar-refractivity contribution < 1.29 is 21.9 Å². The lowest BCUT2D eigenvalue weighted by Gasteiger charge is -2.12. The van der Waals surface area contributed by atoms with Gasteiger partial charge in [-0.25, -0.2) is 13.7 Å². The molecule has 3 heterocycles. The fraction of sp³-hybridized carbons (Fsp3) is 0.190. The molecule has 0 amide bonds. The van der Waals surface area contributed by atoms with Crippen LogP contribution in [0.2, 0.25) is 0 Å². The summed E-state index contributed by atoms with van der Waals surface area (Å²) in [5.74, 6) is 0. The van der Waals surface area contributed by atoms with Crippen LogP contribution in [0.3, 0.4) is 0 Å². The second kappa shape index (κ2) is 20.7. The second-order valence-corrected chi connectivity index (χ2v) is 17.6. The Labute approximate surface area is 403 Å². The number of aryl methyl sites for hydroxylation is 12. The van der Waals surface area contributed by atoms with Crippen LogP contribution < -0.4 is 13.7 Å². The van der Waals surface area contributed by atoms with Gasteiger partial charge in [0.15, 0.2) is 18.6 Å². The number of pyridine rings is 3. The minimum atomic E-state index is -2.09. The average Bonchev–Trinajstić information content (AvgIpc) is 3.34. The first-order valence-electron chi connectivity index (χ1n) is 25.6. The molecule has 0 atom stereocenters. The Balaban J connectivity index is 0.000000159. The number of benzene rings is 6. The Kier molecular flexibility index (Phi) is 12.3. The molecule has 0 radical (unpaired) electrons. The van der Waals surface area contributed by atoms with Gasteiger partial charge >= 0.3 is 0 Å². The monoisotopic (exact) mass is 871 g/mol. The Morgan fingerprint density at radius 1 is 0.288 bits per heavy atom. The van der Waals surface area contributed by atoms with Crippen LogP contribution in [0.4, 0.5) is 0 Å². The summed E-state index contributed by atoms with van der Waals surface area (Å²) in [5, 5.41) is 0. The van der Waals surface area contributed by atoms with Crippen LogP contribution in [0.15, 0.2) is 182 Å². The van der Waals surface area contributed by atoms with Crippen LogP contribution >= 0.6 is 0 Å². The van der Waals surface area contributed by atoms with Crippen molar-refractivity contribution in [2.45, 2.75) is 62.2 Å². The number of hydrogen-bond acceptors (Lipinski definition) is 0. The van der Waals surface area contributed by atoms with E-state index >= 15 is 0 Å². The maximum atomic E-state index is 7.67. The van der Waals surface area contributed by atoms with E-state index in [0.29, 0.717) is 11.1 Å². The van der Waals surface area contributed by atoms with Crippen LogP contribution in [0.25, 0.3) is 67.2 Å². The normalized spacial score (nSPS) is 12.5. The maximum absolute atomic E-state index is 7.67. The van der Waals surface area contributed by atoms with Gasteiger partial charge in [-0.2, -0.15) is 0 Å². The fourth-order valence-corrected chi connectivity index (χ4v) is 8.60. The second-order valence-electron chi connectivity index (χ2n) is 17.6. The minimum Gasteiger partial charge on any atom is -0.201 e. The van der Waals surface area contributed by atoms with E-state index in [1.165, 1.54) is 72.5 Å². The van der Waals surface area contributed by atoms with Gasteiger partial charge in [-0.05, 0) is 153 Å². The quantitative estimate of drug-likeness (QED) is 0.148. The molecule has 0 bridgehead atoms. The summed E-state index contributed by atoms with van der Waals surface area (Å²) in [6.07, 6.45) is 5.62. The molecule has 3 heteroatoms. The molecule has 0 N–H and O–H groups in total. The summed E-state index contributed by atoms with van der Waals surface area (Å²) in [4.78, 5) is 0. The Hall–Kier alpha value is -7.23. The van der Waals surface area contributed by atoms with Crippen LogP contribution in [0, 0.1) is 62.2 Å². The third-order valence-electron chi connectivity index (χ3n) is 12.5. The molecular weight excluding hydrogens is 799 g/mol. The van der Waals surface area contributed by atoms with Crippen molar-refractivity contribution in [1.82, 2.24) is 0 Å². The van der Waals surface area contributed by atoms with Crippen molar-refractivity contribution in [2.24, 2.45) is 21.1 Å². The van der Waals surface area contributed by atoms with Gasteiger partial charge in [-0.3, -0.25) is 0 Å². The summed E-state index contributed by atoms with van der Waals surface area (Å²) in [6, 6.07) is 56.5.